The van der Waals surface area contributed by atoms with E-state index in [0.29, 0.717) is 5.82 Å². The van der Waals surface area contributed by atoms with E-state index in [1.807, 2.05) is 0 Å². The van der Waals surface area contributed by atoms with E-state index in [0.717, 1.165) is 6.07 Å². The Morgan fingerprint density at radius 1 is 1.38 bits per heavy atom. The molecular weight excluding hydrogens is 323 g/mol. The van der Waals surface area contributed by atoms with Gasteiger partial charge in [0.1, 0.15) is 11.5 Å². The van der Waals surface area contributed by atoms with Gasteiger partial charge in [-0.2, -0.15) is 13.2 Å². The average Bonchev–Trinajstić information content (AvgIpc) is 3.12. The van der Waals surface area contributed by atoms with E-state index >= 15 is 0 Å². The molecule has 0 radical (unpaired) electrons. The Bertz CT molecular complexity index is 757. The van der Waals surface area contributed by atoms with Crippen LogP contribution >= 0.6 is 0 Å². The number of imidazole rings is 1. The van der Waals surface area contributed by atoms with Crippen molar-refractivity contribution in [3.05, 3.63) is 53.1 Å². The molecule has 24 heavy (non-hydrogen) atoms. The molecule has 2 N–H and O–H groups in total. The highest BCUT2D eigenvalue weighted by atomic mass is 19.4. The van der Waals surface area contributed by atoms with Gasteiger partial charge in [-0.1, -0.05) is 18.2 Å². The van der Waals surface area contributed by atoms with Crippen molar-refractivity contribution >= 4 is 5.91 Å². The Balaban J connectivity index is 1.99. The normalized spacial score (nSPS) is 21.3. The quantitative estimate of drug-likeness (QED) is 0.884. The summed E-state index contributed by atoms with van der Waals surface area (Å²) in [6.07, 6.45) is -3.99. The average molecular weight is 339 g/mol. The summed E-state index contributed by atoms with van der Waals surface area (Å²) in [5.41, 5.74) is -0.607. The number of amides is 1. The van der Waals surface area contributed by atoms with E-state index in [-0.39, 0.29) is 24.2 Å². The highest BCUT2D eigenvalue weighted by molar-refractivity contribution is 5.92. The number of likely N-dealkylation sites (tertiary alicyclic amines) is 1. The fourth-order valence-electron chi connectivity index (χ4n) is 3.06. The number of nitrogens with one attached hydrogen (secondary N) is 1. The smallest absolute Gasteiger partial charge is 0.391 e. The number of carbonyl (C=O) groups is 1. The van der Waals surface area contributed by atoms with Crippen molar-refractivity contribution in [2.45, 2.75) is 31.7 Å². The predicted octanol–water partition coefficient (Wildman–Crippen LogP) is 2.69. The summed E-state index contributed by atoms with van der Waals surface area (Å²) < 4.78 is 39.8. The molecule has 0 unspecified atom stereocenters. The van der Waals surface area contributed by atoms with Gasteiger partial charge in [0.05, 0.1) is 23.9 Å². The van der Waals surface area contributed by atoms with E-state index < -0.39 is 29.8 Å². The number of benzene rings is 1. The first-order chi connectivity index (χ1) is 11.3. The van der Waals surface area contributed by atoms with Crippen LogP contribution in [0.15, 0.2) is 30.5 Å². The number of aliphatic hydroxyl groups is 1. The zero-order valence-corrected chi connectivity index (χ0v) is 12.8. The van der Waals surface area contributed by atoms with Crippen LogP contribution in [0.25, 0.3) is 0 Å². The van der Waals surface area contributed by atoms with Crippen LogP contribution in [0.5, 0.6) is 0 Å². The summed E-state index contributed by atoms with van der Waals surface area (Å²) in [6, 6.07) is 4.31. The minimum absolute atomic E-state index is 0.00821. The van der Waals surface area contributed by atoms with E-state index in [4.69, 9.17) is 0 Å². The molecular formula is C16H16F3N3O2. The lowest BCUT2D eigenvalue weighted by Gasteiger charge is -2.26. The zero-order chi connectivity index (χ0) is 17.5. The maximum Gasteiger partial charge on any atom is 0.416 e. The lowest BCUT2D eigenvalue weighted by Crippen LogP contribution is -2.33. The third-order valence-electron chi connectivity index (χ3n) is 4.10. The Hall–Kier alpha value is -2.35. The number of H-pyrrole nitrogens is 1. The van der Waals surface area contributed by atoms with Crippen LogP contribution in [-0.2, 0) is 6.18 Å². The van der Waals surface area contributed by atoms with Crippen molar-refractivity contribution in [3.63, 3.8) is 0 Å². The molecule has 1 saturated heterocycles. The number of rotatable bonds is 2. The minimum Gasteiger partial charge on any atom is -0.391 e. The predicted molar refractivity (Wildman–Crippen MR) is 79.2 cm³/mol. The SMILES string of the molecule is Cc1ncc(C(=O)N2C[C@@H](O)C[C@H]2c2ccccc2C(F)(F)F)[nH]1. The second-order valence-corrected chi connectivity index (χ2v) is 5.83. The lowest BCUT2D eigenvalue weighted by atomic mass is 9.97. The largest absolute Gasteiger partial charge is 0.416 e. The van der Waals surface area contributed by atoms with Crippen molar-refractivity contribution in [1.29, 1.82) is 0 Å². The molecule has 1 fully saturated rings. The first kappa shape index (κ1) is 16.5. The Morgan fingerprint density at radius 2 is 2.08 bits per heavy atom. The number of aromatic amines is 1. The maximum absolute atomic E-state index is 13.3. The van der Waals surface area contributed by atoms with Crippen molar-refractivity contribution in [3.8, 4) is 0 Å². The van der Waals surface area contributed by atoms with Gasteiger partial charge in [-0.15, -0.1) is 0 Å². The van der Waals surface area contributed by atoms with Crippen molar-refractivity contribution in [1.82, 2.24) is 14.9 Å². The van der Waals surface area contributed by atoms with Crippen molar-refractivity contribution < 1.29 is 23.1 Å². The first-order valence-corrected chi connectivity index (χ1v) is 7.44. The molecule has 2 heterocycles. The Morgan fingerprint density at radius 3 is 2.71 bits per heavy atom. The Kier molecular flexibility index (Phi) is 4.08. The zero-order valence-electron chi connectivity index (χ0n) is 12.8. The number of halogens is 3. The van der Waals surface area contributed by atoms with Crippen molar-refractivity contribution in [2.24, 2.45) is 0 Å². The van der Waals surface area contributed by atoms with Gasteiger partial charge in [0.15, 0.2) is 0 Å². The van der Waals surface area contributed by atoms with Crippen LogP contribution in [-0.4, -0.2) is 38.5 Å². The van der Waals surface area contributed by atoms with E-state index in [1.165, 1.54) is 29.3 Å². The fourth-order valence-corrected chi connectivity index (χ4v) is 3.06. The maximum atomic E-state index is 13.3. The molecule has 2 aromatic rings. The molecule has 0 spiro atoms. The third kappa shape index (κ3) is 3.01. The van der Waals surface area contributed by atoms with Gasteiger partial charge in [-0.05, 0) is 25.0 Å². The van der Waals surface area contributed by atoms with E-state index in [2.05, 4.69) is 9.97 Å². The standard InChI is InChI=1S/C16H16F3N3O2/c1-9-20-7-13(21-9)15(24)22-8-10(23)6-14(22)11-4-2-3-5-12(11)16(17,18)19/h2-5,7,10,14,23H,6,8H2,1H3,(H,20,21)/t10-,14-/m0/s1. The Labute approximate surface area is 136 Å². The molecule has 1 aromatic carbocycles. The van der Waals surface area contributed by atoms with Gasteiger partial charge in [0.2, 0.25) is 0 Å². The fraction of sp³-hybridized carbons (Fsp3) is 0.375. The summed E-state index contributed by atoms with van der Waals surface area (Å²) in [5.74, 6) is 0.0551. The molecule has 0 bridgehead atoms. The minimum atomic E-state index is -4.52. The van der Waals surface area contributed by atoms with Crippen LogP contribution in [0.1, 0.15) is 39.9 Å². The molecule has 3 rings (SSSR count). The third-order valence-corrected chi connectivity index (χ3v) is 4.10. The van der Waals surface area contributed by atoms with Gasteiger partial charge < -0.3 is 15.0 Å². The van der Waals surface area contributed by atoms with E-state index in [9.17, 15) is 23.1 Å². The molecule has 0 aliphatic carbocycles. The number of hydrogen-bond donors (Lipinski definition) is 2. The van der Waals surface area contributed by atoms with Crippen LogP contribution in [0.4, 0.5) is 13.2 Å². The molecule has 1 amide bonds. The number of carbonyl (C=O) groups excluding carboxylic acids is 1. The number of nitrogens with zero attached hydrogens (tertiary/aromatic N) is 2. The number of aryl methyl sites for hydroxylation is 1. The van der Waals surface area contributed by atoms with Gasteiger partial charge in [0, 0.05) is 6.54 Å². The number of alkyl halides is 3. The van der Waals surface area contributed by atoms with Crippen LogP contribution in [0.2, 0.25) is 0 Å². The molecule has 2 atom stereocenters. The van der Waals surface area contributed by atoms with Crippen LogP contribution in [0, 0.1) is 6.92 Å². The van der Waals surface area contributed by atoms with Crippen molar-refractivity contribution in [2.75, 3.05) is 6.54 Å². The summed E-state index contributed by atoms with van der Waals surface area (Å²) in [5, 5.41) is 9.93. The number of hydrogen-bond acceptors (Lipinski definition) is 3. The van der Waals surface area contributed by atoms with Crippen LogP contribution in [0.3, 0.4) is 0 Å². The lowest BCUT2D eigenvalue weighted by molar-refractivity contribution is -0.138. The summed E-state index contributed by atoms with van der Waals surface area (Å²) in [4.78, 5) is 20.6. The van der Waals surface area contributed by atoms with Gasteiger partial charge in [-0.25, -0.2) is 4.98 Å². The second-order valence-electron chi connectivity index (χ2n) is 5.83. The van der Waals surface area contributed by atoms with E-state index in [1.54, 1.807) is 6.92 Å². The highest BCUT2D eigenvalue weighted by Crippen LogP contribution is 2.40. The molecule has 8 heteroatoms. The second kappa shape index (κ2) is 5.94. The molecule has 1 aromatic heterocycles. The molecule has 1 aliphatic heterocycles. The van der Waals surface area contributed by atoms with Gasteiger partial charge >= 0.3 is 6.18 Å². The topological polar surface area (TPSA) is 69.2 Å². The summed E-state index contributed by atoms with van der Waals surface area (Å²) >= 11 is 0. The number of aromatic nitrogens is 2. The van der Waals surface area contributed by atoms with Gasteiger partial charge in [0.25, 0.3) is 5.91 Å². The molecule has 1 aliphatic rings. The summed E-state index contributed by atoms with van der Waals surface area (Å²) in [6.45, 7) is 1.65. The monoisotopic (exact) mass is 339 g/mol. The highest BCUT2D eigenvalue weighted by Gasteiger charge is 2.41. The number of β-amino-alcohol motifs (C(OH)–C–C–N with tert-alkyl or cyclic N) is 1. The summed E-state index contributed by atoms with van der Waals surface area (Å²) in [7, 11) is 0. The number of aliphatic hydroxyl groups excluding tert-OH is 1. The molecule has 5 nitrogen and oxygen atoms in total. The van der Waals surface area contributed by atoms with Gasteiger partial charge in [-0.3, -0.25) is 4.79 Å². The molecule has 128 valence electrons. The van der Waals surface area contributed by atoms with Crippen LogP contribution < -0.4 is 0 Å². The molecule has 0 saturated carbocycles. The first-order valence-electron chi connectivity index (χ1n) is 7.44.